The summed E-state index contributed by atoms with van der Waals surface area (Å²) < 4.78 is 6.96. The summed E-state index contributed by atoms with van der Waals surface area (Å²) >= 11 is 0. The summed E-state index contributed by atoms with van der Waals surface area (Å²) in [6.45, 7) is 5.05. The van der Waals surface area contributed by atoms with E-state index in [1.807, 2.05) is 30.9 Å². The van der Waals surface area contributed by atoms with Crippen LogP contribution < -0.4 is 16.0 Å². The van der Waals surface area contributed by atoms with E-state index in [1.54, 1.807) is 23.1 Å². The Balaban J connectivity index is 1.36. The van der Waals surface area contributed by atoms with Crippen LogP contribution in [0.1, 0.15) is 31.7 Å². The molecular formula is C21H23N7O3. The van der Waals surface area contributed by atoms with Gasteiger partial charge in [0.2, 0.25) is 5.91 Å². The van der Waals surface area contributed by atoms with E-state index in [2.05, 4.69) is 20.6 Å². The number of fused-ring (bicyclic) bond motifs is 1. The maximum absolute atomic E-state index is 12.7. The van der Waals surface area contributed by atoms with Crippen molar-refractivity contribution in [2.24, 2.45) is 5.92 Å². The average Bonchev–Trinajstić information content (AvgIpc) is 3.28. The van der Waals surface area contributed by atoms with Crippen LogP contribution in [0.5, 0.6) is 0 Å². The highest BCUT2D eigenvalue weighted by Crippen LogP contribution is 2.47. The molecule has 1 aliphatic carbocycles. The molecule has 10 heteroatoms. The minimum absolute atomic E-state index is 0.0937. The van der Waals surface area contributed by atoms with Crippen LogP contribution in [0.15, 0.2) is 30.6 Å². The number of rotatable bonds is 5. The highest BCUT2D eigenvalue weighted by Gasteiger charge is 2.44. The van der Waals surface area contributed by atoms with E-state index in [1.165, 1.54) is 0 Å². The number of nitrogens with two attached hydrogens (primary N) is 1. The molecule has 2 amide bonds. The molecule has 160 valence electrons. The molecule has 0 unspecified atom stereocenters. The molecule has 10 nitrogen and oxygen atoms in total. The molecule has 3 aromatic rings. The predicted octanol–water partition coefficient (Wildman–Crippen LogP) is 2.52. The van der Waals surface area contributed by atoms with Gasteiger partial charge in [-0.1, -0.05) is 0 Å². The lowest BCUT2D eigenvalue weighted by molar-refractivity contribution is -0.117. The summed E-state index contributed by atoms with van der Waals surface area (Å²) in [7, 11) is 0. The van der Waals surface area contributed by atoms with E-state index >= 15 is 0 Å². The zero-order valence-corrected chi connectivity index (χ0v) is 17.3. The van der Waals surface area contributed by atoms with Gasteiger partial charge in [-0.2, -0.15) is 5.10 Å². The van der Waals surface area contributed by atoms with Gasteiger partial charge in [-0.25, -0.2) is 4.79 Å². The molecule has 1 aromatic carbocycles. The monoisotopic (exact) mass is 421 g/mol. The predicted molar refractivity (Wildman–Crippen MR) is 115 cm³/mol. The van der Waals surface area contributed by atoms with E-state index in [0.29, 0.717) is 34.7 Å². The zero-order chi connectivity index (χ0) is 21.7. The van der Waals surface area contributed by atoms with E-state index in [-0.39, 0.29) is 23.8 Å². The van der Waals surface area contributed by atoms with Crippen molar-refractivity contribution in [1.29, 1.82) is 0 Å². The van der Waals surface area contributed by atoms with Gasteiger partial charge in [0.1, 0.15) is 12.1 Å². The Labute approximate surface area is 178 Å². The molecular weight excluding hydrogens is 398 g/mol. The van der Waals surface area contributed by atoms with Crippen LogP contribution in [0, 0.1) is 5.92 Å². The smallest absolute Gasteiger partial charge is 0.414 e. The van der Waals surface area contributed by atoms with Crippen molar-refractivity contribution in [3.05, 3.63) is 36.2 Å². The number of cyclic esters (lactones) is 1. The third-order valence-electron chi connectivity index (χ3n) is 5.85. The first-order valence-corrected chi connectivity index (χ1v) is 10.3. The maximum Gasteiger partial charge on any atom is 0.414 e. The molecule has 0 bridgehead atoms. The Morgan fingerprint density at radius 3 is 2.87 bits per heavy atom. The van der Waals surface area contributed by atoms with Crippen molar-refractivity contribution in [2.75, 3.05) is 22.6 Å². The number of benzene rings is 1. The van der Waals surface area contributed by atoms with Gasteiger partial charge < -0.3 is 15.8 Å². The minimum atomic E-state index is -0.409. The van der Waals surface area contributed by atoms with Crippen molar-refractivity contribution >= 4 is 40.1 Å². The van der Waals surface area contributed by atoms with Gasteiger partial charge >= 0.3 is 6.09 Å². The van der Waals surface area contributed by atoms with Crippen LogP contribution in [0.25, 0.3) is 10.9 Å². The maximum atomic E-state index is 12.7. The lowest BCUT2D eigenvalue weighted by Gasteiger charge is -2.19. The fourth-order valence-electron chi connectivity index (χ4n) is 4.06. The first-order valence-electron chi connectivity index (χ1n) is 10.3. The number of carbonyl (C=O) groups excluding carboxylic acids is 2. The number of ether oxygens (including phenoxy) is 1. The standard InChI is InChI=1S/C21H23N7O3/c1-3-27-9-13(8-23-27)15-7-16(15)20(29)24-18-5-12-4-14(6-17(22)19(12)26-25-18)28-11(2)10-31-21(28)30/h4-6,8-9,11,15-16H,3,7,10,22H2,1-2H3,(H,24,25,29)/t11-,15+,16-/m0/s1. The number of aryl methyl sites for hydroxylation is 1. The fraction of sp³-hybridized carbons (Fsp3) is 0.381. The van der Waals surface area contributed by atoms with Crippen LogP contribution in [0.4, 0.5) is 22.0 Å². The highest BCUT2D eigenvalue weighted by molar-refractivity contribution is 6.00. The van der Waals surface area contributed by atoms with Gasteiger partial charge in [-0.3, -0.25) is 14.4 Å². The molecule has 2 fully saturated rings. The van der Waals surface area contributed by atoms with Gasteiger partial charge in [0, 0.05) is 24.0 Å². The normalized spacial score (nSPS) is 22.6. The molecule has 3 heterocycles. The molecule has 3 atom stereocenters. The van der Waals surface area contributed by atoms with Crippen molar-refractivity contribution in [3.8, 4) is 0 Å². The molecule has 1 saturated carbocycles. The van der Waals surface area contributed by atoms with Gasteiger partial charge in [0.15, 0.2) is 5.82 Å². The lowest BCUT2D eigenvalue weighted by atomic mass is 10.1. The van der Waals surface area contributed by atoms with Crippen molar-refractivity contribution in [1.82, 2.24) is 20.0 Å². The second-order valence-corrected chi connectivity index (χ2v) is 8.07. The Hall–Kier alpha value is -3.69. The number of anilines is 3. The summed E-state index contributed by atoms with van der Waals surface area (Å²) in [6, 6.07) is 5.11. The molecule has 1 saturated heterocycles. The zero-order valence-electron chi connectivity index (χ0n) is 17.3. The largest absolute Gasteiger partial charge is 0.447 e. The fourth-order valence-corrected chi connectivity index (χ4v) is 4.06. The van der Waals surface area contributed by atoms with Gasteiger partial charge in [-0.15, -0.1) is 10.2 Å². The third-order valence-corrected chi connectivity index (χ3v) is 5.85. The molecule has 0 radical (unpaired) electrons. The third kappa shape index (κ3) is 3.43. The molecule has 31 heavy (non-hydrogen) atoms. The van der Waals surface area contributed by atoms with Crippen LogP contribution in [0.3, 0.4) is 0 Å². The SMILES string of the molecule is CCn1cc([C@H]2C[C@@H]2C(=O)Nc2cc3cc(N4C(=O)OC[C@@H]4C)cc(N)c3nn2)cn1. The Morgan fingerprint density at radius 1 is 1.32 bits per heavy atom. The van der Waals surface area contributed by atoms with Crippen molar-refractivity contribution < 1.29 is 14.3 Å². The number of nitrogens with one attached hydrogen (secondary N) is 1. The van der Waals surface area contributed by atoms with E-state index in [4.69, 9.17) is 10.5 Å². The number of aromatic nitrogens is 4. The number of hydrogen-bond donors (Lipinski definition) is 2. The molecule has 3 N–H and O–H groups in total. The number of nitrogen functional groups attached to an aromatic ring is 1. The minimum Gasteiger partial charge on any atom is -0.447 e. The first kappa shape index (κ1) is 19.3. The second kappa shape index (κ2) is 7.22. The first-order chi connectivity index (χ1) is 14.9. The number of amides is 2. The molecule has 2 aromatic heterocycles. The number of hydrogen-bond acceptors (Lipinski definition) is 7. The number of carbonyl (C=O) groups is 2. The lowest BCUT2D eigenvalue weighted by Crippen LogP contribution is -2.30. The molecule has 1 aliphatic heterocycles. The van der Waals surface area contributed by atoms with Gasteiger partial charge in [0.05, 0.1) is 23.6 Å². The molecule has 5 rings (SSSR count). The van der Waals surface area contributed by atoms with Crippen molar-refractivity contribution in [2.45, 2.75) is 38.8 Å². The summed E-state index contributed by atoms with van der Waals surface area (Å²) in [5.74, 6) is 0.326. The summed E-state index contributed by atoms with van der Waals surface area (Å²) in [5.41, 5.74) is 8.76. The van der Waals surface area contributed by atoms with E-state index in [9.17, 15) is 9.59 Å². The van der Waals surface area contributed by atoms with Crippen molar-refractivity contribution in [3.63, 3.8) is 0 Å². The highest BCUT2D eigenvalue weighted by atomic mass is 16.6. The van der Waals surface area contributed by atoms with E-state index in [0.717, 1.165) is 18.5 Å². The van der Waals surface area contributed by atoms with Crippen LogP contribution in [0.2, 0.25) is 0 Å². The molecule has 2 aliphatic rings. The topological polar surface area (TPSA) is 128 Å². The van der Waals surface area contributed by atoms with E-state index < -0.39 is 6.09 Å². The van der Waals surface area contributed by atoms with Gasteiger partial charge in [0.25, 0.3) is 0 Å². The summed E-state index contributed by atoms with van der Waals surface area (Å²) in [5, 5.41) is 16.1. The quantitative estimate of drug-likeness (QED) is 0.606. The average molecular weight is 421 g/mol. The van der Waals surface area contributed by atoms with Gasteiger partial charge in [-0.05, 0) is 49.9 Å². The van der Waals surface area contributed by atoms with Crippen LogP contribution >= 0.6 is 0 Å². The Bertz CT molecular complexity index is 1190. The Morgan fingerprint density at radius 2 is 2.16 bits per heavy atom. The summed E-state index contributed by atoms with van der Waals surface area (Å²) in [4.78, 5) is 26.3. The van der Waals surface area contributed by atoms with Crippen LogP contribution in [-0.4, -0.2) is 44.6 Å². The number of nitrogens with zero attached hydrogens (tertiary/aromatic N) is 5. The Kier molecular flexibility index (Phi) is 4.49. The molecule has 0 spiro atoms. The van der Waals surface area contributed by atoms with Crippen LogP contribution in [-0.2, 0) is 16.1 Å². The second-order valence-electron chi connectivity index (χ2n) is 8.07. The summed E-state index contributed by atoms with van der Waals surface area (Å²) in [6.07, 6.45) is 4.19.